The summed E-state index contributed by atoms with van der Waals surface area (Å²) in [6.45, 7) is 5.40. The van der Waals surface area contributed by atoms with Gasteiger partial charge in [-0.25, -0.2) is 0 Å². The average molecular weight is 291 g/mol. The highest BCUT2D eigenvalue weighted by atomic mass is 16.5. The Hall–Kier alpha value is -1.55. The van der Waals surface area contributed by atoms with Crippen LogP contribution in [0.5, 0.6) is 5.75 Å². The molecule has 1 aromatic rings. The van der Waals surface area contributed by atoms with Gasteiger partial charge < -0.3 is 15.2 Å². The third-order valence-corrected chi connectivity index (χ3v) is 3.99. The number of hydrogen-bond acceptors (Lipinski definition) is 3. The molecule has 0 bridgehead atoms. The fraction of sp³-hybridized carbons (Fsp3) is 0.588. The van der Waals surface area contributed by atoms with Gasteiger partial charge in [-0.15, -0.1) is 0 Å². The molecule has 4 nitrogen and oxygen atoms in total. The van der Waals surface area contributed by atoms with E-state index in [1.165, 1.54) is 12.8 Å². The maximum Gasteiger partial charge on any atom is 0.260 e. The largest absolute Gasteiger partial charge is 0.481 e. The number of amides is 1. The van der Waals surface area contributed by atoms with Crippen LogP contribution in [0.25, 0.3) is 0 Å². The van der Waals surface area contributed by atoms with Gasteiger partial charge in [0.25, 0.3) is 5.91 Å². The summed E-state index contributed by atoms with van der Waals surface area (Å²) in [6.07, 6.45) is 3.30. The van der Waals surface area contributed by atoms with E-state index in [1.54, 1.807) is 13.8 Å². The lowest BCUT2D eigenvalue weighted by atomic mass is 10.1. The topological polar surface area (TPSA) is 58.6 Å². The Morgan fingerprint density at radius 1 is 1.33 bits per heavy atom. The third-order valence-electron chi connectivity index (χ3n) is 3.99. The van der Waals surface area contributed by atoms with Gasteiger partial charge in [-0.1, -0.05) is 25.0 Å². The maximum absolute atomic E-state index is 12.2. The van der Waals surface area contributed by atoms with Crippen LogP contribution in [-0.4, -0.2) is 23.2 Å². The summed E-state index contributed by atoms with van der Waals surface area (Å²) in [7, 11) is 0. The molecule has 1 saturated carbocycles. The van der Waals surface area contributed by atoms with E-state index in [0.29, 0.717) is 11.3 Å². The third kappa shape index (κ3) is 4.21. The second kappa shape index (κ2) is 6.94. The molecule has 0 saturated heterocycles. The molecule has 2 unspecified atom stereocenters. The summed E-state index contributed by atoms with van der Waals surface area (Å²) in [6, 6.07) is 5.92. The van der Waals surface area contributed by atoms with Crippen LogP contribution in [-0.2, 0) is 4.79 Å². The second-order valence-corrected chi connectivity index (χ2v) is 5.97. The van der Waals surface area contributed by atoms with Gasteiger partial charge in [0.2, 0.25) is 0 Å². The minimum absolute atomic E-state index is 0.0834. The normalized spacial score (nSPS) is 18.3. The van der Waals surface area contributed by atoms with Gasteiger partial charge in [-0.05, 0) is 45.2 Å². The Labute approximate surface area is 126 Å². The van der Waals surface area contributed by atoms with E-state index < -0.39 is 12.2 Å². The van der Waals surface area contributed by atoms with E-state index in [4.69, 9.17) is 4.74 Å². The zero-order valence-corrected chi connectivity index (χ0v) is 13.1. The first kappa shape index (κ1) is 15.8. The zero-order valence-electron chi connectivity index (χ0n) is 13.1. The smallest absolute Gasteiger partial charge is 0.260 e. The lowest BCUT2D eigenvalue weighted by molar-refractivity contribution is -0.128. The Morgan fingerprint density at radius 3 is 2.62 bits per heavy atom. The molecular formula is C17H25NO3. The van der Waals surface area contributed by atoms with Crippen molar-refractivity contribution in [3.8, 4) is 5.75 Å². The summed E-state index contributed by atoms with van der Waals surface area (Å²) in [5.41, 5.74) is 1.75. The molecule has 0 radical (unpaired) electrons. The van der Waals surface area contributed by atoms with Crippen LogP contribution < -0.4 is 10.1 Å². The highest BCUT2D eigenvalue weighted by molar-refractivity contribution is 5.81. The molecule has 1 aliphatic rings. The molecule has 4 heteroatoms. The van der Waals surface area contributed by atoms with Crippen LogP contribution in [0, 0.1) is 6.92 Å². The Balaban J connectivity index is 2.02. The van der Waals surface area contributed by atoms with E-state index in [9.17, 15) is 9.90 Å². The van der Waals surface area contributed by atoms with Crippen LogP contribution in [0.15, 0.2) is 18.2 Å². The van der Waals surface area contributed by atoms with Crippen molar-refractivity contribution in [2.75, 3.05) is 0 Å². The molecule has 0 aliphatic heterocycles. The molecule has 0 aromatic heterocycles. The number of nitrogens with one attached hydrogen (secondary N) is 1. The molecule has 0 heterocycles. The first-order chi connectivity index (χ1) is 9.97. The summed E-state index contributed by atoms with van der Waals surface area (Å²) >= 11 is 0. The number of aliphatic hydroxyl groups is 1. The lowest BCUT2D eigenvalue weighted by Gasteiger charge is -2.20. The number of hydrogen-bond donors (Lipinski definition) is 2. The van der Waals surface area contributed by atoms with Crippen molar-refractivity contribution < 1.29 is 14.6 Å². The van der Waals surface area contributed by atoms with Crippen LogP contribution in [0.3, 0.4) is 0 Å². The van der Waals surface area contributed by atoms with Crippen molar-refractivity contribution in [1.29, 1.82) is 0 Å². The lowest BCUT2D eigenvalue weighted by Crippen LogP contribution is -2.41. The minimum atomic E-state index is -0.620. The highest BCUT2D eigenvalue weighted by Gasteiger charge is 2.22. The van der Waals surface area contributed by atoms with Gasteiger partial charge >= 0.3 is 0 Å². The zero-order chi connectivity index (χ0) is 15.4. The van der Waals surface area contributed by atoms with E-state index in [-0.39, 0.29) is 11.9 Å². The number of aliphatic hydroxyl groups excluding tert-OH is 1. The van der Waals surface area contributed by atoms with Crippen molar-refractivity contribution in [2.45, 2.75) is 64.7 Å². The van der Waals surface area contributed by atoms with Crippen LogP contribution in [0.4, 0.5) is 0 Å². The molecule has 1 fully saturated rings. The molecule has 1 amide bonds. The van der Waals surface area contributed by atoms with Gasteiger partial charge in [-0.3, -0.25) is 4.79 Å². The van der Waals surface area contributed by atoms with Crippen molar-refractivity contribution in [1.82, 2.24) is 5.32 Å². The molecule has 2 N–H and O–H groups in total. The molecular weight excluding hydrogens is 266 g/mol. The predicted octanol–water partition coefficient (Wildman–Crippen LogP) is 2.87. The first-order valence-corrected chi connectivity index (χ1v) is 7.73. The van der Waals surface area contributed by atoms with Crippen molar-refractivity contribution in [3.05, 3.63) is 29.3 Å². The first-order valence-electron chi connectivity index (χ1n) is 7.73. The van der Waals surface area contributed by atoms with Gasteiger partial charge in [0, 0.05) is 11.6 Å². The van der Waals surface area contributed by atoms with Crippen molar-refractivity contribution in [3.63, 3.8) is 0 Å². The second-order valence-electron chi connectivity index (χ2n) is 5.97. The van der Waals surface area contributed by atoms with Gasteiger partial charge in [0.1, 0.15) is 5.75 Å². The fourth-order valence-corrected chi connectivity index (χ4v) is 2.72. The number of carbonyl (C=O) groups is 1. The van der Waals surface area contributed by atoms with Crippen LogP contribution >= 0.6 is 0 Å². The highest BCUT2D eigenvalue weighted by Crippen LogP contribution is 2.27. The number of benzene rings is 1. The maximum atomic E-state index is 12.2. The standard InChI is InChI=1S/C17H25NO3/c1-11-8-9-15(12(2)19)16(10-11)21-13(3)17(20)18-14-6-4-5-7-14/h8-10,12-14,19H,4-7H2,1-3H3,(H,18,20). The summed E-state index contributed by atoms with van der Waals surface area (Å²) < 4.78 is 5.79. The Bertz CT molecular complexity index is 493. The van der Waals surface area contributed by atoms with E-state index in [1.807, 2.05) is 25.1 Å². The van der Waals surface area contributed by atoms with Crippen molar-refractivity contribution >= 4 is 5.91 Å². The van der Waals surface area contributed by atoms with Crippen LogP contribution in [0.2, 0.25) is 0 Å². The van der Waals surface area contributed by atoms with Crippen LogP contribution in [0.1, 0.15) is 56.8 Å². The quantitative estimate of drug-likeness (QED) is 0.877. The Kier molecular flexibility index (Phi) is 5.23. The monoisotopic (exact) mass is 291 g/mol. The van der Waals surface area contributed by atoms with E-state index in [2.05, 4.69) is 5.32 Å². The summed E-state index contributed by atoms with van der Waals surface area (Å²) in [5.74, 6) is 0.499. The van der Waals surface area contributed by atoms with E-state index >= 15 is 0 Å². The number of carbonyl (C=O) groups excluding carboxylic acids is 1. The number of aryl methyl sites for hydroxylation is 1. The van der Waals surface area contributed by atoms with Gasteiger partial charge in [-0.2, -0.15) is 0 Å². The fourth-order valence-electron chi connectivity index (χ4n) is 2.72. The van der Waals surface area contributed by atoms with Gasteiger partial charge in [0.05, 0.1) is 6.10 Å². The SMILES string of the molecule is Cc1ccc(C(C)O)c(OC(C)C(=O)NC2CCCC2)c1. The molecule has 1 aromatic carbocycles. The van der Waals surface area contributed by atoms with Gasteiger partial charge in [0.15, 0.2) is 6.10 Å². The average Bonchev–Trinajstić information content (AvgIpc) is 2.91. The molecule has 1 aliphatic carbocycles. The predicted molar refractivity (Wildman–Crippen MR) is 82.3 cm³/mol. The molecule has 21 heavy (non-hydrogen) atoms. The number of rotatable bonds is 5. The molecule has 2 atom stereocenters. The summed E-state index contributed by atoms with van der Waals surface area (Å²) in [4.78, 5) is 12.2. The molecule has 2 rings (SSSR count). The minimum Gasteiger partial charge on any atom is -0.481 e. The van der Waals surface area contributed by atoms with E-state index in [0.717, 1.165) is 18.4 Å². The molecule has 116 valence electrons. The summed E-state index contributed by atoms with van der Waals surface area (Å²) in [5, 5.41) is 12.8. The number of ether oxygens (including phenoxy) is 1. The van der Waals surface area contributed by atoms with Crippen molar-refractivity contribution in [2.24, 2.45) is 0 Å². The Morgan fingerprint density at radius 2 is 2.00 bits per heavy atom. The molecule has 0 spiro atoms.